The molecule has 2 aromatic rings. The molecule has 1 aromatic carbocycles. The molecular formula is C10H13N2+. The summed E-state index contributed by atoms with van der Waals surface area (Å²) in [5.41, 5.74) is 2.60. The molecule has 0 bridgehead atoms. The fraction of sp³-hybridized carbons (Fsp3) is 0.300. The van der Waals surface area contributed by atoms with Crippen molar-refractivity contribution in [1.29, 1.82) is 0 Å². The third-order valence-corrected chi connectivity index (χ3v) is 2.33. The molecule has 0 aliphatic carbocycles. The zero-order valence-corrected chi connectivity index (χ0v) is 7.70. The third kappa shape index (κ3) is 0.916. The molecule has 62 valence electrons. The molecule has 0 unspecified atom stereocenters. The molecule has 2 nitrogen and oxygen atoms in total. The molecule has 0 aliphatic rings. The van der Waals surface area contributed by atoms with Gasteiger partial charge >= 0.3 is 0 Å². The van der Waals surface area contributed by atoms with E-state index in [0.717, 1.165) is 0 Å². The number of benzene rings is 1. The Morgan fingerprint density at radius 3 is 2.83 bits per heavy atom. The highest BCUT2D eigenvalue weighted by molar-refractivity contribution is 5.77. The van der Waals surface area contributed by atoms with Crippen LogP contribution < -0.4 is 4.68 Å². The average Bonchev–Trinajstić information content (AvgIpc) is 2.31. The van der Waals surface area contributed by atoms with Crippen molar-refractivity contribution in [2.24, 2.45) is 14.1 Å². The molecule has 1 heterocycles. The van der Waals surface area contributed by atoms with Gasteiger partial charge in [0.25, 0.3) is 0 Å². The average molecular weight is 161 g/mol. The SMILES string of the molecule is Cc1ccc2c[n+](C)n(C)c2c1. The third-order valence-electron chi connectivity index (χ3n) is 2.33. The zero-order chi connectivity index (χ0) is 8.72. The van der Waals surface area contributed by atoms with Gasteiger partial charge in [0.1, 0.15) is 5.52 Å². The van der Waals surface area contributed by atoms with Crippen molar-refractivity contribution in [2.45, 2.75) is 6.92 Å². The first-order valence-electron chi connectivity index (χ1n) is 4.10. The molecule has 0 N–H and O–H groups in total. The summed E-state index contributed by atoms with van der Waals surface area (Å²) in [5, 5.41) is 1.30. The Hall–Kier alpha value is -1.31. The molecule has 0 fully saturated rings. The van der Waals surface area contributed by atoms with Crippen LogP contribution in [-0.4, -0.2) is 4.68 Å². The number of rotatable bonds is 0. The van der Waals surface area contributed by atoms with Crippen LogP contribution in [0.4, 0.5) is 0 Å². The summed E-state index contributed by atoms with van der Waals surface area (Å²) in [7, 11) is 4.12. The molecule has 0 radical (unpaired) electrons. The molecule has 1 aromatic heterocycles. The second-order valence-corrected chi connectivity index (χ2v) is 3.29. The lowest BCUT2D eigenvalue weighted by molar-refractivity contribution is -0.748. The van der Waals surface area contributed by atoms with Crippen LogP contribution in [0.3, 0.4) is 0 Å². The Balaban J connectivity index is 2.88. The lowest BCUT2D eigenvalue weighted by atomic mass is 10.2. The van der Waals surface area contributed by atoms with Crippen molar-refractivity contribution < 1.29 is 4.68 Å². The molecule has 2 heteroatoms. The van der Waals surface area contributed by atoms with Gasteiger partial charge in [-0.3, -0.25) is 0 Å². The van der Waals surface area contributed by atoms with Crippen LogP contribution >= 0.6 is 0 Å². The van der Waals surface area contributed by atoms with Crippen LogP contribution in [0.2, 0.25) is 0 Å². The largest absolute Gasteiger partial charge is 0.203 e. The highest BCUT2D eigenvalue weighted by Gasteiger charge is 2.06. The quantitative estimate of drug-likeness (QED) is 0.515. The molecule has 0 aliphatic heterocycles. The topological polar surface area (TPSA) is 8.81 Å². The van der Waals surface area contributed by atoms with Crippen molar-refractivity contribution in [3.63, 3.8) is 0 Å². The molecule has 0 amide bonds. The van der Waals surface area contributed by atoms with E-state index in [0.29, 0.717) is 0 Å². The predicted octanol–water partition coefficient (Wildman–Crippen LogP) is 1.31. The number of aryl methyl sites for hydroxylation is 3. The van der Waals surface area contributed by atoms with Gasteiger partial charge in [0.2, 0.25) is 6.20 Å². The molecule has 0 spiro atoms. The van der Waals surface area contributed by atoms with E-state index in [2.05, 4.69) is 54.8 Å². The summed E-state index contributed by atoms with van der Waals surface area (Å²) in [6, 6.07) is 6.50. The summed E-state index contributed by atoms with van der Waals surface area (Å²) < 4.78 is 4.23. The van der Waals surface area contributed by atoms with Gasteiger partial charge in [-0.25, -0.2) is 0 Å². The zero-order valence-electron chi connectivity index (χ0n) is 7.70. The monoisotopic (exact) mass is 161 g/mol. The Labute approximate surface area is 72.0 Å². The Morgan fingerprint density at radius 2 is 2.08 bits per heavy atom. The lowest BCUT2D eigenvalue weighted by Crippen LogP contribution is -2.35. The van der Waals surface area contributed by atoms with Gasteiger partial charge in [-0.2, -0.15) is 4.68 Å². The van der Waals surface area contributed by atoms with E-state index >= 15 is 0 Å². The summed E-state index contributed by atoms with van der Waals surface area (Å²) in [6.45, 7) is 2.12. The first-order valence-corrected chi connectivity index (χ1v) is 4.10. The minimum absolute atomic E-state index is 1.29. The maximum absolute atomic E-state index is 2.20. The van der Waals surface area contributed by atoms with E-state index in [1.807, 2.05) is 0 Å². The van der Waals surface area contributed by atoms with Crippen LogP contribution in [0.15, 0.2) is 24.4 Å². The van der Waals surface area contributed by atoms with E-state index < -0.39 is 0 Å². The lowest BCUT2D eigenvalue weighted by Gasteiger charge is -1.92. The van der Waals surface area contributed by atoms with Crippen LogP contribution in [0, 0.1) is 6.92 Å². The second kappa shape index (κ2) is 2.34. The summed E-state index contributed by atoms with van der Waals surface area (Å²) in [6.07, 6.45) is 2.13. The fourth-order valence-electron chi connectivity index (χ4n) is 1.50. The van der Waals surface area contributed by atoms with Crippen molar-refractivity contribution in [3.8, 4) is 0 Å². The van der Waals surface area contributed by atoms with Crippen LogP contribution in [-0.2, 0) is 14.1 Å². The van der Waals surface area contributed by atoms with E-state index in [4.69, 9.17) is 0 Å². The number of hydrogen-bond donors (Lipinski definition) is 0. The van der Waals surface area contributed by atoms with Crippen molar-refractivity contribution in [2.75, 3.05) is 0 Å². The molecule has 0 atom stereocenters. The van der Waals surface area contributed by atoms with Gasteiger partial charge in [-0.15, -0.1) is 4.68 Å². The first kappa shape index (κ1) is 7.35. The highest BCUT2D eigenvalue weighted by atomic mass is 15.4. The minimum atomic E-state index is 1.29. The van der Waals surface area contributed by atoms with Crippen molar-refractivity contribution in [3.05, 3.63) is 30.0 Å². The van der Waals surface area contributed by atoms with E-state index in [-0.39, 0.29) is 0 Å². The maximum atomic E-state index is 2.20. The summed E-state index contributed by atoms with van der Waals surface area (Å²) >= 11 is 0. The van der Waals surface area contributed by atoms with Crippen LogP contribution in [0.25, 0.3) is 10.9 Å². The molecule has 0 saturated heterocycles. The number of nitrogens with zero attached hydrogens (tertiary/aromatic N) is 2. The highest BCUT2D eigenvalue weighted by Crippen LogP contribution is 2.12. The van der Waals surface area contributed by atoms with Gasteiger partial charge in [0, 0.05) is 0 Å². The van der Waals surface area contributed by atoms with Crippen molar-refractivity contribution in [1.82, 2.24) is 4.68 Å². The van der Waals surface area contributed by atoms with Crippen LogP contribution in [0.5, 0.6) is 0 Å². The smallest absolute Gasteiger partial charge is 0.156 e. The molecule has 0 saturated carbocycles. The number of hydrogen-bond acceptors (Lipinski definition) is 0. The molecule has 12 heavy (non-hydrogen) atoms. The number of fused-ring (bicyclic) bond motifs is 1. The van der Waals surface area contributed by atoms with Gasteiger partial charge in [-0.1, -0.05) is 6.07 Å². The summed E-state index contributed by atoms with van der Waals surface area (Å²) in [5.74, 6) is 0. The van der Waals surface area contributed by atoms with Gasteiger partial charge in [0.05, 0.1) is 12.4 Å². The second-order valence-electron chi connectivity index (χ2n) is 3.29. The molecule has 2 rings (SSSR count). The van der Waals surface area contributed by atoms with Gasteiger partial charge < -0.3 is 0 Å². The van der Waals surface area contributed by atoms with E-state index in [1.54, 1.807) is 0 Å². The standard InChI is InChI=1S/C10H13N2/c1-8-4-5-9-7-11(2)12(3)10(9)6-8/h4-7H,1-3H3/q+1. The van der Waals surface area contributed by atoms with Crippen molar-refractivity contribution >= 4 is 10.9 Å². The first-order chi connectivity index (χ1) is 5.68. The Bertz CT molecular complexity index is 427. The minimum Gasteiger partial charge on any atom is -0.156 e. The Kier molecular flexibility index (Phi) is 1.43. The van der Waals surface area contributed by atoms with Crippen LogP contribution in [0.1, 0.15) is 5.56 Å². The van der Waals surface area contributed by atoms with E-state index in [1.165, 1.54) is 16.5 Å². The van der Waals surface area contributed by atoms with E-state index in [9.17, 15) is 0 Å². The van der Waals surface area contributed by atoms with Gasteiger partial charge in [0.15, 0.2) is 7.05 Å². The Morgan fingerprint density at radius 1 is 1.33 bits per heavy atom. The predicted molar refractivity (Wildman–Crippen MR) is 48.8 cm³/mol. The molecular weight excluding hydrogens is 148 g/mol. The van der Waals surface area contributed by atoms with Gasteiger partial charge in [-0.05, 0) is 24.6 Å². The normalized spacial score (nSPS) is 10.9. The number of aromatic nitrogens is 2. The fourth-order valence-corrected chi connectivity index (χ4v) is 1.50. The maximum Gasteiger partial charge on any atom is 0.203 e. The summed E-state index contributed by atoms with van der Waals surface area (Å²) in [4.78, 5) is 0.